The van der Waals surface area contributed by atoms with Crippen LogP contribution in [0.1, 0.15) is 28.8 Å². The van der Waals surface area contributed by atoms with Crippen LogP contribution in [0.2, 0.25) is 0 Å². The molecule has 1 aliphatic heterocycles. The molecule has 1 heterocycles. The molecular formula is C16H23ClN4O3. The summed E-state index contributed by atoms with van der Waals surface area (Å²) >= 11 is 0. The molecule has 0 atom stereocenters. The monoisotopic (exact) mass is 354 g/mol. The molecule has 0 spiro atoms. The lowest BCUT2D eigenvalue weighted by Gasteiger charge is -2.19. The number of halogens is 1. The number of amides is 3. The van der Waals surface area contributed by atoms with Crippen molar-refractivity contribution >= 4 is 35.8 Å². The number of benzene rings is 1. The molecule has 1 aromatic carbocycles. The zero-order valence-corrected chi connectivity index (χ0v) is 14.4. The topological polar surface area (TPSA) is 105 Å². The maximum atomic E-state index is 12.7. The Kier molecular flexibility index (Phi) is 7.67. The van der Waals surface area contributed by atoms with Crippen LogP contribution in [0.25, 0.3) is 0 Å². The molecule has 0 bridgehead atoms. The lowest BCUT2D eigenvalue weighted by atomic mass is 10.0. The van der Waals surface area contributed by atoms with Crippen LogP contribution in [0, 0.1) is 6.92 Å². The number of hydrogen-bond acceptors (Lipinski definition) is 4. The molecule has 132 valence electrons. The maximum Gasteiger partial charge on any atom is 0.256 e. The van der Waals surface area contributed by atoms with Crippen molar-refractivity contribution in [2.45, 2.75) is 19.8 Å². The van der Waals surface area contributed by atoms with Crippen LogP contribution in [0.3, 0.4) is 0 Å². The van der Waals surface area contributed by atoms with Crippen LogP contribution in [0.15, 0.2) is 18.2 Å². The van der Waals surface area contributed by atoms with Gasteiger partial charge in [-0.15, -0.1) is 12.4 Å². The van der Waals surface area contributed by atoms with Gasteiger partial charge in [0.25, 0.3) is 5.91 Å². The second-order valence-electron chi connectivity index (χ2n) is 5.53. The molecule has 24 heavy (non-hydrogen) atoms. The first-order valence-corrected chi connectivity index (χ1v) is 7.68. The number of anilines is 1. The Morgan fingerprint density at radius 3 is 2.46 bits per heavy atom. The summed E-state index contributed by atoms with van der Waals surface area (Å²) in [4.78, 5) is 37.5. The fraction of sp³-hybridized carbons (Fsp3) is 0.438. The summed E-state index contributed by atoms with van der Waals surface area (Å²) in [6.07, 6.45) is 2.01. The molecule has 4 N–H and O–H groups in total. The summed E-state index contributed by atoms with van der Waals surface area (Å²) in [6, 6.07) is 5.32. The standard InChI is InChI=1S/C16H22N4O3.ClH/c1-11-5-4-6-12(19-14(22)10-18-13(21)9-17)15(11)16(23)20-7-2-3-8-20;/h4-6H,2-3,7-10,17H2,1H3,(H,18,21)(H,19,22);1H. The maximum absolute atomic E-state index is 12.7. The zero-order valence-electron chi connectivity index (χ0n) is 13.6. The second-order valence-corrected chi connectivity index (χ2v) is 5.53. The van der Waals surface area contributed by atoms with Crippen LogP contribution in [-0.4, -0.2) is 48.8 Å². The third kappa shape index (κ3) is 4.94. The molecule has 0 unspecified atom stereocenters. The molecule has 2 rings (SSSR count). The number of hydrogen-bond donors (Lipinski definition) is 3. The van der Waals surface area contributed by atoms with Crippen molar-refractivity contribution in [1.82, 2.24) is 10.2 Å². The SMILES string of the molecule is Cc1cccc(NC(=O)CNC(=O)CN)c1C(=O)N1CCCC1.Cl. The largest absolute Gasteiger partial charge is 0.346 e. The van der Waals surface area contributed by atoms with Gasteiger partial charge in [-0.2, -0.15) is 0 Å². The molecule has 3 amide bonds. The Morgan fingerprint density at radius 2 is 1.83 bits per heavy atom. The summed E-state index contributed by atoms with van der Waals surface area (Å²) in [6.45, 7) is 2.98. The van der Waals surface area contributed by atoms with Crippen LogP contribution in [-0.2, 0) is 9.59 Å². The van der Waals surface area contributed by atoms with Crippen molar-refractivity contribution in [2.75, 3.05) is 31.5 Å². The van der Waals surface area contributed by atoms with Gasteiger partial charge < -0.3 is 21.3 Å². The van der Waals surface area contributed by atoms with E-state index in [-0.39, 0.29) is 31.4 Å². The minimum Gasteiger partial charge on any atom is -0.346 e. The highest BCUT2D eigenvalue weighted by atomic mass is 35.5. The average molecular weight is 355 g/mol. The number of nitrogens with one attached hydrogen (secondary N) is 2. The summed E-state index contributed by atoms with van der Waals surface area (Å²) < 4.78 is 0. The van der Waals surface area contributed by atoms with E-state index in [1.165, 1.54) is 0 Å². The van der Waals surface area contributed by atoms with Crippen molar-refractivity contribution in [3.63, 3.8) is 0 Å². The predicted molar refractivity (Wildman–Crippen MR) is 94.3 cm³/mol. The highest BCUT2D eigenvalue weighted by Crippen LogP contribution is 2.23. The van der Waals surface area contributed by atoms with E-state index >= 15 is 0 Å². The van der Waals surface area contributed by atoms with E-state index in [2.05, 4.69) is 10.6 Å². The third-order valence-corrected chi connectivity index (χ3v) is 3.79. The van der Waals surface area contributed by atoms with Crippen LogP contribution < -0.4 is 16.4 Å². The number of carbonyl (C=O) groups is 3. The number of carbonyl (C=O) groups excluding carboxylic acids is 3. The highest BCUT2D eigenvalue weighted by Gasteiger charge is 2.24. The molecule has 0 radical (unpaired) electrons. The van der Waals surface area contributed by atoms with E-state index in [1.54, 1.807) is 17.0 Å². The zero-order chi connectivity index (χ0) is 16.8. The van der Waals surface area contributed by atoms with E-state index in [1.807, 2.05) is 13.0 Å². The third-order valence-electron chi connectivity index (χ3n) is 3.79. The quantitative estimate of drug-likeness (QED) is 0.722. The van der Waals surface area contributed by atoms with Crippen molar-refractivity contribution < 1.29 is 14.4 Å². The Morgan fingerprint density at radius 1 is 1.17 bits per heavy atom. The first kappa shape index (κ1) is 19.9. The fourth-order valence-electron chi connectivity index (χ4n) is 2.58. The summed E-state index contributed by atoms with van der Waals surface area (Å²) in [5.74, 6) is -0.868. The molecule has 0 aromatic heterocycles. The van der Waals surface area contributed by atoms with Gasteiger partial charge in [-0.3, -0.25) is 14.4 Å². The highest BCUT2D eigenvalue weighted by molar-refractivity contribution is 6.05. The second kappa shape index (κ2) is 9.24. The van der Waals surface area contributed by atoms with Gasteiger partial charge in [0, 0.05) is 13.1 Å². The van der Waals surface area contributed by atoms with E-state index in [0.29, 0.717) is 11.3 Å². The summed E-state index contributed by atoms with van der Waals surface area (Å²) in [5, 5.41) is 5.09. The Bertz CT molecular complexity index is 615. The number of rotatable bonds is 5. The lowest BCUT2D eigenvalue weighted by Crippen LogP contribution is -2.37. The lowest BCUT2D eigenvalue weighted by molar-refractivity contribution is -0.123. The van der Waals surface area contributed by atoms with Gasteiger partial charge in [0.2, 0.25) is 11.8 Å². The van der Waals surface area contributed by atoms with Gasteiger partial charge in [-0.25, -0.2) is 0 Å². The summed E-state index contributed by atoms with van der Waals surface area (Å²) in [5.41, 5.74) is 6.96. The molecule has 0 aliphatic carbocycles. The van der Waals surface area contributed by atoms with E-state index < -0.39 is 11.8 Å². The Balaban J connectivity index is 0.00000288. The van der Waals surface area contributed by atoms with E-state index in [4.69, 9.17) is 5.73 Å². The van der Waals surface area contributed by atoms with E-state index in [0.717, 1.165) is 31.5 Å². The predicted octanol–water partition coefficient (Wildman–Crippen LogP) is 0.666. The van der Waals surface area contributed by atoms with Gasteiger partial charge in [0.05, 0.1) is 24.3 Å². The number of aryl methyl sites for hydroxylation is 1. The first-order chi connectivity index (χ1) is 11.0. The molecule has 1 saturated heterocycles. The fourth-order valence-corrected chi connectivity index (χ4v) is 2.58. The van der Waals surface area contributed by atoms with Gasteiger partial charge in [-0.05, 0) is 31.4 Å². The Labute approximate surface area is 147 Å². The summed E-state index contributed by atoms with van der Waals surface area (Å²) in [7, 11) is 0. The van der Waals surface area contributed by atoms with Crippen molar-refractivity contribution in [3.8, 4) is 0 Å². The van der Waals surface area contributed by atoms with Crippen LogP contribution >= 0.6 is 12.4 Å². The van der Waals surface area contributed by atoms with Gasteiger partial charge in [-0.1, -0.05) is 12.1 Å². The molecular weight excluding hydrogens is 332 g/mol. The minimum absolute atomic E-state index is 0. The Hall–Kier alpha value is -2.12. The van der Waals surface area contributed by atoms with E-state index in [9.17, 15) is 14.4 Å². The normalized spacial score (nSPS) is 13.2. The van der Waals surface area contributed by atoms with Crippen molar-refractivity contribution in [1.29, 1.82) is 0 Å². The number of likely N-dealkylation sites (tertiary alicyclic amines) is 1. The molecule has 0 saturated carbocycles. The molecule has 1 aromatic rings. The number of nitrogens with zero attached hydrogens (tertiary/aromatic N) is 1. The smallest absolute Gasteiger partial charge is 0.256 e. The first-order valence-electron chi connectivity index (χ1n) is 7.68. The molecule has 8 heteroatoms. The molecule has 7 nitrogen and oxygen atoms in total. The molecule has 1 fully saturated rings. The van der Waals surface area contributed by atoms with Crippen LogP contribution in [0.4, 0.5) is 5.69 Å². The number of nitrogens with two attached hydrogens (primary N) is 1. The van der Waals surface area contributed by atoms with Gasteiger partial charge in [0.1, 0.15) is 0 Å². The van der Waals surface area contributed by atoms with Crippen molar-refractivity contribution in [2.24, 2.45) is 5.73 Å². The average Bonchev–Trinajstić information content (AvgIpc) is 3.06. The van der Waals surface area contributed by atoms with Gasteiger partial charge >= 0.3 is 0 Å². The minimum atomic E-state index is -0.405. The van der Waals surface area contributed by atoms with Crippen molar-refractivity contribution in [3.05, 3.63) is 29.3 Å². The van der Waals surface area contributed by atoms with Gasteiger partial charge in [0.15, 0.2) is 0 Å². The molecule has 1 aliphatic rings. The van der Waals surface area contributed by atoms with Crippen LogP contribution in [0.5, 0.6) is 0 Å².